The third kappa shape index (κ3) is 4.38. The number of rotatable bonds is 5. The van der Waals surface area contributed by atoms with Gasteiger partial charge in [0.25, 0.3) is 5.91 Å². The van der Waals surface area contributed by atoms with Crippen LogP contribution in [0, 0.1) is 5.41 Å². The summed E-state index contributed by atoms with van der Waals surface area (Å²) in [5.74, 6) is -0.236. The maximum atomic E-state index is 13.3. The maximum absolute atomic E-state index is 13.3. The van der Waals surface area contributed by atoms with E-state index >= 15 is 0 Å². The molecule has 0 aliphatic carbocycles. The highest BCUT2D eigenvalue weighted by Gasteiger charge is 2.41. The van der Waals surface area contributed by atoms with Crippen molar-refractivity contribution in [1.29, 1.82) is 0 Å². The lowest BCUT2D eigenvalue weighted by atomic mass is 9.96. The number of hydrogen-bond acceptors (Lipinski definition) is 2. The molecule has 3 aromatic carbocycles. The van der Waals surface area contributed by atoms with Gasteiger partial charge in [-0.2, -0.15) is 0 Å². The van der Waals surface area contributed by atoms with Crippen LogP contribution in [0.4, 0.5) is 0 Å². The molecule has 0 spiro atoms. The quantitative estimate of drug-likeness (QED) is 0.625. The molecule has 1 N–H and O–H groups in total. The minimum absolute atomic E-state index is 0.0392. The van der Waals surface area contributed by atoms with Gasteiger partial charge >= 0.3 is 0 Å². The second kappa shape index (κ2) is 8.38. The van der Waals surface area contributed by atoms with Crippen molar-refractivity contribution < 1.29 is 9.59 Å². The van der Waals surface area contributed by atoms with Gasteiger partial charge in [0.2, 0.25) is 5.91 Å². The summed E-state index contributed by atoms with van der Waals surface area (Å²) in [5.41, 5.74) is 4.52. The molecular weight excluding hydrogens is 384 g/mol. The van der Waals surface area contributed by atoms with Crippen LogP contribution in [-0.2, 0) is 11.3 Å². The van der Waals surface area contributed by atoms with E-state index in [-0.39, 0.29) is 17.2 Å². The molecule has 3 aromatic rings. The number of carbonyl (C=O) groups is 2. The number of benzene rings is 3. The summed E-state index contributed by atoms with van der Waals surface area (Å²) in [7, 11) is 0. The monoisotopic (exact) mass is 412 g/mol. The van der Waals surface area contributed by atoms with Crippen LogP contribution in [0.5, 0.6) is 0 Å². The molecule has 0 radical (unpaired) electrons. The van der Waals surface area contributed by atoms with E-state index in [9.17, 15) is 9.59 Å². The molecule has 2 amide bonds. The smallest absolute Gasteiger partial charge is 0.255 e. The third-order valence-corrected chi connectivity index (χ3v) is 5.54. The zero-order valence-electron chi connectivity index (χ0n) is 18.3. The van der Waals surface area contributed by atoms with Crippen molar-refractivity contribution in [2.75, 3.05) is 6.54 Å². The summed E-state index contributed by atoms with van der Waals surface area (Å²) in [4.78, 5) is 28.3. The SMILES string of the molecule is CC(C)(C)CNC(=O)C1c2ccccc2C(=O)N1Cc1ccccc1-c1ccccc1. The van der Waals surface area contributed by atoms with Crippen molar-refractivity contribution in [2.45, 2.75) is 33.4 Å². The van der Waals surface area contributed by atoms with E-state index in [0.29, 0.717) is 18.7 Å². The van der Waals surface area contributed by atoms with Crippen molar-refractivity contribution in [3.8, 4) is 11.1 Å². The molecule has 1 aliphatic heterocycles. The van der Waals surface area contributed by atoms with Crippen LogP contribution in [0.1, 0.15) is 48.3 Å². The summed E-state index contributed by atoms with van der Waals surface area (Å²) >= 11 is 0. The number of amides is 2. The van der Waals surface area contributed by atoms with E-state index in [1.54, 1.807) is 4.90 Å². The van der Waals surface area contributed by atoms with Gasteiger partial charge in [-0.05, 0) is 33.7 Å². The summed E-state index contributed by atoms with van der Waals surface area (Å²) in [6.45, 7) is 7.15. The second-order valence-corrected chi connectivity index (χ2v) is 9.22. The van der Waals surface area contributed by atoms with Crippen LogP contribution in [0.15, 0.2) is 78.9 Å². The molecule has 0 bridgehead atoms. The van der Waals surface area contributed by atoms with Gasteiger partial charge in [-0.15, -0.1) is 0 Å². The van der Waals surface area contributed by atoms with Crippen LogP contribution in [0.3, 0.4) is 0 Å². The molecular formula is C27H28N2O2. The second-order valence-electron chi connectivity index (χ2n) is 9.22. The first kappa shape index (κ1) is 20.9. The molecule has 0 saturated heterocycles. The number of carbonyl (C=O) groups excluding carboxylic acids is 2. The largest absolute Gasteiger partial charge is 0.353 e. The zero-order valence-corrected chi connectivity index (χ0v) is 18.3. The summed E-state index contributed by atoms with van der Waals surface area (Å²) < 4.78 is 0. The van der Waals surface area contributed by atoms with E-state index in [0.717, 1.165) is 22.3 Å². The topological polar surface area (TPSA) is 49.4 Å². The van der Waals surface area contributed by atoms with E-state index in [4.69, 9.17) is 0 Å². The van der Waals surface area contributed by atoms with Crippen LogP contribution in [-0.4, -0.2) is 23.3 Å². The molecule has 1 atom stereocenters. The van der Waals surface area contributed by atoms with Gasteiger partial charge in [-0.25, -0.2) is 0 Å². The molecule has 0 fully saturated rings. The minimum Gasteiger partial charge on any atom is -0.353 e. The fourth-order valence-corrected chi connectivity index (χ4v) is 4.01. The highest BCUT2D eigenvalue weighted by molar-refractivity contribution is 6.04. The molecule has 4 heteroatoms. The van der Waals surface area contributed by atoms with Gasteiger partial charge in [0.15, 0.2) is 0 Å². The lowest BCUT2D eigenvalue weighted by molar-refractivity contribution is -0.126. The molecule has 4 rings (SSSR count). The number of nitrogens with one attached hydrogen (secondary N) is 1. The normalized spacial score (nSPS) is 15.6. The Morgan fingerprint density at radius 1 is 0.871 bits per heavy atom. The first-order valence-electron chi connectivity index (χ1n) is 10.7. The Balaban J connectivity index is 1.69. The van der Waals surface area contributed by atoms with Gasteiger partial charge < -0.3 is 10.2 Å². The van der Waals surface area contributed by atoms with E-state index in [1.165, 1.54) is 0 Å². The first-order chi connectivity index (χ1) is 14.8. The molecule has 1 aliphatic rings. The predicted octanol–water partition coefficient (Wildman–Crippen LogP) is 5.21. The van der Waals surface area contributed by atoms with Crippen LogP contribution < -0.4 is 5.32 Å². The molecule has 31 heavy (non-hydrogen) atoms. The Bertz CT molecular complexity index is 1100. The molecule has 158 valence electrons. The average molecular weight is 413 g/mol. The lowest BCUT2D eigenvalue weighted by Crippen LogP contribution is -2.41. The number of hydrogen-bond donors (Lipinski definition) is 1. The van der Waals surface area contributed by atoms with E-state index in [1.807, 2.05) is 60.7 Å². The van der Waals surface area contributed by atoms with Crippen molar-refractivity contribution in [3.63, 3.8) is 0 Å². The standard InChI is InChI=1S/C27H28N2O2/c1-27(2,3)18-28-25(30)24-22-15-9-10-16-23(22)26(31)29(24)17-20-13-7-8-14-21(20)19-11-5-4-6-12-19/h4-16,24H,17-18H2,1-3H3,(H,28,30). The fourth-order valence-electron chi connectivity index (χ4n) is 4.01. The van der Waals surface area contributed by atoms with Gasteiger partial charge in [-0.1, -0.05) is 93.6 Å². The van der Waals surface area contributed by atoms with Gasteiger partial charge in [0.1, 0.15) is 6.04 Å². The van der Waals surface area contributed by atoms with E-state index < -0.39 is 6.04 Å². The average Bonchev–Trinajstić information content (AvgIpc) is 3.04. The maximum Gasteiger partial charge on any atom is 0.255 e. The highest BCUT2D eigenvalue weighted by atomic mass is 16.2. The van der Waals surface area contributed by atoms with Gasteiger partial charge in [-0.3, -0.25) is 9.59 Å². The minimum atomic E-state index is -0.630. The molecule has 0 saturated carbocycles. The summed E-state index contributed by atoms with van der Waals surface area (Å²) in [6, 6.07) is 25.0. The summed E-state index contributed by atoms with van der Waals surface area (Å²) in [6.07, 6.45) is 0. The number of fused-ring (bicyclic) bond motifs is 1. The Hall–Kier alpha value is -3.40. The van der Waals surface area contributed by atoms with Gasteiger partial charge in [0.05, 0.1) is 0 Å². The highest BCUT2D eigenvalue weighted by Crippen LogP contribution is 2.36. The Morgan fingerprint density at radius 3 is 2.19 bits per heavy atom. The van der Waals surface area contributed by atoms with Crippen molar-refractivity contribution >= 4 is 11.8 Å². The molecule has 1 unspecified atom stereocenters. The first-order valence-corrected chi connectivity index (χ1v) is 10.7. The van der Waals surface area contributed by atoms with Crippen LogP contribution in [0.2, 0.25) is 0 Å². The molecule has 4 nitrogen and oxygen atoms in total. The van der Waals surface area contributed by atoms with Crippen molar-refractivity contribution in [2.24, 2.45) is 5.41 Å². The third-order valence-electron chi connectivity index (χ3n) is 5.54. The lowest BCUT2D eigenvalue weighted by Gasteiger charge is -2.27. The van der Waals surface area contributed by atoms with E-state index in [2.05, 4.69) is 44.3 Å². The summed E-state index contributed by atoms with van der Waals surface area (Å²) in [5, 5.41) is 3.06. The predicted molar refractivity (Wildman–Crippen MR) is 123 cm³/mol. The zero-order chi connectivity index (χ0) is 22.0. The Labute approximate surface area is 183 Å². The van der Waals surface area contributed by atoms with Crippen molar-refractivity contribution in [1.82, 2.24) is 10.2 Å². The number of nitrogens with zero attached hydrogens (tertiary/aromatic N) is 1. The van der Waals surface area contributed by atoms with Gasteiger partial charge in [0, 0.05) is 18.7 Å². The molecule has 1 heterocycles. The molecule has 0 aromatic heterocycles. The van der Waals surface area contributed by atoms with Crippen molar-refractivity contribution in [3.05, 3.63) is 95.6 Å². The Kier molecular flexibility index (Phi) is 5.64. The van der Waals surface area contributed by atoms with Crippen LogP contribution in [0.25, 0.3) is 11.1 Å². The fraction of sp³-hybridized carbons (Fsp3) is 0.259. The Morgan fingerprint density at radius 2 is 1.48 bits per heavy atom. The van der Waals surface area contributed by atoms with Crippen LogP contribution >= 0.6 is 0 Å².